The van der Waals surface area contributed by atoms with Gasteiger partial charge in [-0.25, -0.2) is 4.98 Å². The molecule has 0 saturated carbocycles. The van der Waals surface area contributed by atoms with Gasteiger partial charge in [0.25, 0.3) is 11.8 Å². The average molecular weight is 529 g/mol. The van der Waals surface area contributed by atoms with Gasteiger partial charge in [-0.2, -0.15) is 0 Å². The highest BCUT2D eigenvalue weighted by Gasteiger charge is 2.48. The second kappa shape index (κ2) is 9.76. The molecule has 2 aromatic heterocycles. The van der Waals surface area contributed by atoms with E-state index in [1.165, 1.54) is 0 Å². The van der Waals surface area contributed by atoms with Crippen LogP contribution in [-0.2, 0) is 4.79 Å². The van der Waals surface area contributed by atoms with Gasteiger partial charge in [-0.05, 0) is 55.2 Å². The van der Waals surface area contributed by atoms with Gasteiger partial charge in [0.05, 0.1) is 30.2 Å². The minimum Gasteiger partial charge on any atom is -0.497 e. The maximum atomic E-state index is 13.7. The number of amides is 3. The third-order valence-electron chi connectivity index (χ3n) is 7.76. The highest BCUT2D eigenvalue weighted by molar-refractivity contribution is 6.00. The molecule has 6 rings (SSSR count). The number of para-hydroxylation sites is 2. The smallest absolute Gasteiger partial charge is 0.290 e. The molecule has 2 bridgehead atoms. The van der Waals surface area contributed by atoms with Crippen LogP contribution in [0.5, 0.6) is 5.75 Å². The van der Waals surface area contributed by atoms with E-state index in [9.17, 15) is 14.4 Å². The molecule has 3 atom stereocenters. The van der Waals surface area contributed by atoms with Gasteiger partial charge in [-0.15, -0.1) is 0 Å². The summed E-state index contributed by atoms with van der Waals surface area (Å²) in [6.45, 7) is 4.97. The highest BCUT2D eigenvalue weighted by Crippen LogP contribution is 2.33. The lowest BCUT2D eigenvalue weighted by molar-refractivity contribution is -0.135. The molecule has 10 nitrogen and oxygen atoms in total. The van der Waals surface area contributed by atoms with Crippen molar-refractivity contribution in [1.29, 1.82) is 0 Å². The number of H-pyrrole nitrogens is 2. The van der Waals surface area contributed by atoms with E-state index >= 15 is 0 Å². The van der Waals surface area contributed by atoms with Crippen molar-refractivity contribution in [2.45, 2.75) is 44.8 Å². The van der Waals surface area contributed by atoms with Crippen LogP contribution in [0.25, 0.3) is 21.9 Å². The summed E-state index contributed by atoms with van der Waals surface area (Å²) in [6, 6.07) is 14.1. The number of carbonyl (C=O) groups is 3. The number of imidazole rings is 1. The predicted molar refractivity (Wildman–Crippen MR) is 147 cm³/mol. The number of nitrogens with one attached hydrogen (secondary N) is 3. The first-order valence-corrected chi connectivity index (χ1v) is 13.3. The van der Waals surface area contributed by atoms with E-state index in [-0.39, 0.29) is 35.7 Å². The van der Waals surface area contributed by atoms with Crippen LogP contribution in [0.2, 0.25) is 0 Å². The molecule has 2 aliphatic heterocycles. The van der Waals surface area contributed by atoms with Gasteiger partial charge < -0.3 is 29.8 Å². The highest BCUT2D eigenvalue weighted by atomic mass is 16.5. The number of hydrogen-bond acceptors (Lipinski definition) is 5. The Morgan fingerprint density at radius 2 is 1.79 bits per heavy atom. The van der Waals surface area contributed by atoms with E-state index < -0.39 is 6.04 Å². The SMILES string of the molecule is COc1ccc2[nH]c(C(=O)N[C@@H](CC(C)C)C(=O)N3C[C@@H]4C[C@H]3CN4C(=O)c3nc4ccccc4[nH]3)cc2c1. The van der Waals surface area contributed by atoms with Gasteiger partial charge in [-0.1, -0.05) is 26.0 Å². The Hall–Kier alpha value is -4.34. The van der Waals surface area contributed by atoms with Crippen molar-refractivity contribution in [3.8, 4) is 5.75 Å². The third kappa shape index (κ3) is 4.60. The number of ether oxygens (including phenoxy) is 1. The van der Waals surface area contributed by atoms with E-state index in [2.05, 4.69) is 20.3 Å². The molecule has 39 heavy (non-hydrogen) atoms. The second-order valence-corrected chi connectivity index (χ2v) is 10.9. The van der Waals surface area contributed by atoms with E-state index in [0.29, 0.717) is 36.8 Å². The van der Waals surface area contributed by atoms with Crippen LogP contribution in [0.15, 0.2) is 48.5 Å². The number of fused-ring (bicyclic) bond motifs is 4. The Morgan fingerprint density at radius 3 is 2.51 bits per heavy atom. The van der Waals surface area contributed by atoms with E-state index in [0.717, 1.165) is 28.4 Å². The fraction of sp³-hybridized carbons (Fsp3) is 0.379. The normalized spacial score (nSPS) is 19.3. The standard InChI is InChI=1S/C29H32N6O4/c1-16(2)10-25(33-27(36)24-12-17-11-20(39-3)8-9-21(17)30-24)28(37)34-14-19-13-18(34)15-35(19)29(38)26-31-22-6-4-5-7-23(22)32-26/h4-9,11-12,16,18-19,25,30H,10,13-15H2,1-3H3,(H,31,32)(H,33,36)/t18-,19-,25-/m0/s1. The number of aromatic nitrogens is 3. The van der Waals surface area contributed by atoms with Crippen molar-refractivity contribution in [2.24, 2.45) is 5.92 Å². The molecule has 4 heterocycles. The summed E-state index contributed by atoms with van der Waals surface area (Å²) in [5.74, 6) is 0.666. The summed E-state index contributed by atoms with van der Waals surface area (Å²) < 4.78 is 5.28. The van der Waals surface area contributed by atoms with E-state index in [1.54, 1.807) is 13.2 Å². The van der Waals surface area contributed by atoms with E-state index in [4.69, 9.17) is 4.74 Å². The lowest BCUT2D eigenvalue weighted by atomic mass is 10.0. The van der Waals surface area contributed by atoms with Gasteiger partial charge in [0.15, 0.2) is 5.82 Å². The van der Waals surface area contributed by atoms with E-state index in [1.807, 2.05) is 66.1 Å². The zero-order chi connectivity index (χ0) is 27.3. The molecule has 4 aromatic rings. The number of likely N-dealkylation sites (tertiary alicyclic amines) is 2. The Balaban J connectivity index is 1.14. The molecule has 2 aromatic carbocycles. The number of aromatic amines is 2. The number of nitrogens with zero attached hydrogens (tertiary/aromatic N) is 3. The van der Waals surface area contributed by atoms with Crippen LogP contribution in [0.1, 0.15) is 47.8 Å². The Labute approximate surface area is 225 Å². The second-order valence-electron chi connectivity index (χ2n) is 10.9. The number of carbonyl (C=O) groups excluding carboxylic acids is 3. The molecule has 0 aliphatic carbocycles. The molecule has 2 saturated heterocycles. The van der Waals surface area contributed by atoms with Crippen LogP contribution < -0.4 is 10.1 Å². The van der Waals surface area contributed by atoms with Crippen LogP contribution in [0.3, 0.4) is 0 Å². The minimum atomic E-state index is -0.655. The molecule has 3 amide bonds. The van der Waals surface area contributed by atoms with Gasteiger partial charge in [0, 0.05) is 24.0 Å². The molecule has 2 fully saturated rings. The zero-order valence-corrected chi connectivity index (χ0v) is 22.2. The number of hydrogen-bond donors (Lipinski definition) is 3. The lowest BCUT2D eigenvalue weighted by Gasteiger charge is -2.36. The molecule has 2 aliphatic rings. The first-order valence-electron chi connectivity index (χ1n) is 13.3. The quantitative estimate of drug-likeness (QED) is 0.340. The molecular formula is C29H32N6O4. The Bertz CT molecular complexity index is 1540. The Kier molecular flexibility index (Phi) is 6.25. The summed E-state index contributed by atoms with van der Waals surface area (Å²) in [6.07, 6.45) is 1.25. The monoisotopic (exact) mass is 528 g/mol. The number of piperazine rings is 1. The Morgan fingerprint density at radius 1 is 1.03 bits per heavy atom. The van der Waals surface area contributed by atoms with Crippen LogP contribution >= 0.6 is 0 Å². The fourth-order valence-corrected chi connectivity index (χ4v) is 5.86. The van der Waals surface area contributed by atoms with Crippen molar-refractivity contribution >= 4 is 39.7 Å². The van der Waals surface area contributed by atoms with Crippen molar-refractivity contribution in [3.63, 3.8) is 0 Å². The van der Waals surface area contributed by atoms with Gasteiger partial charge in [0.1, 0.15) is 17.5 Å². The first kappa shape index (κ1) is 25.0. The summed E-state index contributed by atoms with van der Waals surface area (Å²) in [4.78, 5) is 54.5. The molecule has 0 spiro atoms. The van der Waals surface area contributed by atoms with Crippen molar-refractivity contribution < 1.29 is 19.1 Å². The lowest BCUT2D eigenvalue weighted by Crippen LogP contribution is -2.56. The van der Waals surface area contributed by atoms with Crippen molar-refractivity contribution in [2.75, 3.05) is 20.2 Å². The number of rotatable bonds is 7. The summed E-state index contributed by atoms with van der Waals surface area (Å²) in [5, 5.41) is 3.84. The fourth-order valence-electron chi connectivity index (χ4n) is 5.86. The van der Waals surface area contributed by atoms with Crippen molar-refractivity contribution in [1.82, 2.24) is 30.1 Å². The van der Waals surface area contributed by atoms with Crippen LogP contribution in [0.4, 0.5) is 0 Å². The van der Waals surface area contributed by atoms with Gasteiger partial charge >= 0.3 is 0 Å². The summed E-state index contributed by atoms with van der Waals surface area (Å²) in [7, 11) is 1.60. The molecular weight excluding hydrogens is 496 g/mol. The van der Waals surface area contributed by atoms with Crippen LogP contribution in [-0.4, -0.2) is 80.8 Å². The van der Waals surface area contributed by atoms with Crippen molar-refractivity contribution in [3.05, 3.63) is 60.0 Å². The zero-order valence-electron chi connectivity index (χ0n) is 22.2. The molecule has 0 unspecified atom stereocenters. The topological polar surface area (TPSA) is 123 Å². The predicted octanol–water partition coefficient (Wildman–Crippen LogP) is 3.32. The maximum Gasteiger partial charge on any atom is 0.290 e. The van der Waals surface area contributed by atoms with Gasteiger partial charge in [0.2, 0.25) is 5.91 Å². The van der Waals surface area contributed by atoms with Crippen LogP contribution in [0, 0.1) is 5.92 Å². The molecule has 10 heteroatoms. The molecule has 3 N–H and O–H groups in total. The number of benzene rings is 2. The molecule has 0 radical (unpaired) electrons. The molecule has 202 valence electrons. The average Bonchev–Trinajstić information content (AvgIpc) is 3.72. The minimum absolute atomic E-state index is 0.0706. The largest absolute Gasteiger partial charge is 0.497 e. The summed E-state index contributed by atoms with van der Waals surface area (Å²) in [5.41, 5.74) is 2.79. The maximum absolute atomic E-state index is 13.7. The number of methoxy groups -OCH3 is 1. The first-order chi connectivity index (χ1) is 18.8. The van der Waals surface area contributed by atoms with Gasteiger partial charge in [-0.3, -0.25) is 14.4 Å². The summed E-state index contributed by atoms with van der Waals surface area (Å²) >= 11 is 0. The third-order valence-corrected chi connectivity index (χ3v) is 7.76.